The third-order valence-electron chi connectivity index (χ3n) is 10.1. The molecule has 1 aliphatic carbocycles. The second-order valence-corrected chi connectivity index (χ2v) is 14.3. The van der Waals surface area contributed by atoms with Crippen molar-refractivity contribution in [1.29, 1.82) is 5.26 Å². The van der Waals surface area contributed by atoms with E-state index in [0.29, 0.717) is 30.1 Å². The minimum absolute atomic E-state index is 0.118. The number of carboxylic acids is 1. The lowest BCUT2D eigenvalue weighted by molar-refractivity contribution is -0.161. The molecule has 12 nitrogen and oxygen atoms in total. The molecule has 1 fully saturated rings. The van der Waals surface area contributed by atoms with E-state index in [-0.39, 0.29) is 54.3 Å². The number of carboxylic acid groups (broad SMARTS) is 1. The van der Waals surface area contributed by atoms with Crippen LogP contribution in [0, 0.1) is 46.8 Å². The van der Waals surface area contributed by atoms with Crippen molar-refractivity contribution < 1.29 is 39.2 Å². The van der Waals surface area contributed by atoms with Gasteiger partial charge >= 0.3 is 17.9 Å². The van der Waals surface area contributed by atoms with E-state index in [4.69, 9.17) is 14.6 Å². The predicted molar refractivity (Wildman–Crippen MR) is 183 cm³/mol. The standard InChI is InChI=1S/C38H50N4O8/c1-23-16-24(2)18-26(4)36(45)28(20-39)8-5-6-11-34(50-35(44)19-33(43)25(3)17-23)31-9-7-10-32(31)38(48)49-22-29-21-42(41-40-29)30-14-12-27(13-15-30)37(46)47/h5-6,8,12-15,21,23-26,31-34,36,43,45H,7,9-11,16-19,22H2,1-4H3,(H,46,47)/b6-5+,28-8-/t23-,24+,25-,26-,31+,32+,33-,34-,36+/m0/s1. The van der Waals surface area contributed by atoms with Gasteiger partial charge in [-0.2, -0.15) is 5.26 Å². The third kappa shape index (κ3) is 10.6. The maximum atomic E-state index is 13.4. The van der Waals surface area contributed by atoms with Crippen LogP contribution in [-0.2, 0) is 25.7 Å². The average Bonchev–Trinajstić information content (AvgIpc) is 3.76. The molecule has 270 valence electrons. The highest BCUT2D eigenvalue weighted by Crippen LogP contribution is 2.38. The molecule has 1 aromatic carbocycles. The third-order valence-corrected chi connectivity index (χ3v) is 10.1. The number of nitriles is 1. The van der Waals surface area contributed by atoms with E-state index >= 15 is 0 Å². The van der Waals surface area contributed by atoms with Crippen molar-refractivity contribution in [3.8, 4) is 11.8 Å². The normalized spacial score (nSPS) is 32.0. The summed E-state index contributed by atoms with van der Waals surface area (Å²) in [5.74, 6) is -2.51. The molecule has 9 atom stereocenters. The molecule has 2 heterocycles. The van der Waals surface area contributed by atoms with Crippen molar-refractivity contribution in [3.05, 3.63) is 65.5 Å². The number of allylic oxidation sites excluding steroid dienone is 2. The van der Waals surface area contributed by atoms with Crippen molar-refractivity contribution in [2.75, 3.05) is 0 Å². The topological polar surface area (TPSA) is 185 Å². The van der Waals surface area contributed by atoms with E-state index in [1.165, 1.54) is 16.8 Å². The summed E-state index contributed by atoms with van der Waals surface area (Å²) < 4.78 is 13.1. The number of carbonyl (C=O) groups excluding carboxylic acids is 2. The van der Waals surface area contributed by atoms with Gasteiger partial charge in [0.1, 0.15) is 18.4 Å². The number of rotatable bonds is 6. The fourth-order valence-electron chi connectivity index (χ4n) is 7.45. The Balaban J connectivity index is 1.48. The lowest BCUT2D eigenvalue weighted by Gasteiger charge is -2.29. The SMILES string of the molecule is C[C@@H]1C[C@H](C)C[C@H](C)[C@@H](O)CC(=O)O[C@H]([C@@H]2CCC[C@H]2C(=O)OCc2cn(-c3ccc(C(=O)O)cc3)nn2)C/C=C/C=C(/C#N)[C@H](O)[C@@H](C)C1. The molecule has 50 heavy (non-hydrogen) atoms. The van der Waals surface area contributed by atoms with Crippen molar-refractivity contribution in [3.63, 3.8) is 0 Å². The first kappa shape index (κ1) is 38.5. The Kier molecular flexibility index (Phi) is 13.9. The number of hydrogen-bond donors (Lipinski definition) is 3. The zero-order valence-electron chi connectivity index (χ0n) is 29.4. The Hall–Kier alpha value is -4.34. The van der Waals surface area contributed by atoms with Crippen LogP contribution in [0.5, 0.6) is 0 Å². The van der Waals surface area contributed by atoms with E-state index in [1.807, 2.05) is 13.8 Å². The fourth-order valence-corrected chi connectivity index (χ4v) is 7.45. The summed E-state index contributed by atoms with van der Waals surface area (Å²) in [5.41, 5.74) is 1.41. The van der Waals surface area contributed by atoms with E-state index in [0.717, 1.165) is 25.7 Å². The molecule has 4 rings (SSSR count). The van der Waals surface area contributed by atoms with Crippen molar-refractivity contribution in [2.24, 2.45) is 35.5 Å². The van der Waals surface area contributed by atoms with E-state index in [2.05, 4.69) is 30.2 Å². The molecule has 0 unspecified atom stereocenters. The van der Waals surface area contributed by atoms with Gasteiger partial charge in [0.25, 0.3) is 0 Å². The van der Waals surface area contributed by atoms with Crippen molar-refractivity contribution in [2.45, 2.75) is 104 Å². The second kappa shape index (κ2) is 18.1. The van der Waals surface area contributed by atoms with Gasteiger partial charge < -0.3 is 24.8 Å². The van der Waals surface area contributed by atoms with Crippen LogP contribution in [0.4, 0.5) is 0 Å². The van der Waals surface area contributed by atoms with Gasteiger partial charge in [-0.3, -0.25) is 9.59 Å². The zero-order chi connectivity index (χ0) is 36.4. The second-order valence-electron chi connectivity index (χ2n) is 14.3. The number of hydrogen-bond acceptors (Lipinski definition) is 10. The van der Waals surface area contributed by atoms with E-state index in [9.17, 15) is 29.9 Å². The summed E-state index contributed by atoms with van der Waals surface area (Å²) in [6, 6.07) is 8.26. The molecule has 1 saturated carbocycles. The number of aromatic carboxylic acids is 1. The van der Waals surface area contributed by atoms with Gasteiger partial charge in [-0.1, -0.05) is 51.5 Å². The highest BCUT2D eigenvalue weighted by Gasteiger charge is 2.41. The van der Waals surface area contributed by atoms with Crippen molar-refractivity contribution >= 4 is 17.9 Å². The number of benzene rings is 1. The molecular formula is C38H50N4O8. The van der Waals surface area contributed by atoms with E-state index in [1.54, 1.807) is 36.6 Å². The summed E-state index contributed by atoms with van der Waals surface area (Å²) in [6.07, 6.45) is 8.63. The van der Waals surface area contributed by atoms with Gasteiger partial charge in [-0.15, -0.1) is 5.10 Å². The summed E-state index contributed by atoms with van der Waals surface area (Å²) in [6.45, 7) is 8.02. The number of cyclic esters (lactones) is 1. The number of ether oxygens (including phenoxy) is 2. The van der Waals surface area contributed by atoms with Crippen LogP contribution < -0.4 is 0 Å². The maximum Gasteiger partial charge on any atom is 0.335 e. The quantitative estimate of drug-likeness (QED) is 0.322. The van der Waals surface area contributed by atoms with Gasteiger partial charge in [0, 0.05) is 12.3 Å². The molecule has 12 heteroatoms. The van der Waals surface area contributed by atoms with Crippen LogP contribution in [0.15, 0.2) is 54.3 Å². The van der Waals surface area contributed by atoms with Crippen LogP contribution in [-0.4, -0.2) is 66.5 Å². The number of nitrogens with zero attached hydrogens (tertiary/aromatic N) is 4. The average molecular weight is 691 g/mol. The fraction of sp³-hybridized carbons (Fsp3) is 0.579. The Morgan fingerprint density at radius 1 is 1.04 bits per heavy atom. The molecule has 3 N–H and O–H groups in total. The summed E-state index contributed by atoms with van der Waals surface area (Å²) in [5, 5.41) is 49.0. The maximum absolute atomic E-state index is 13.4. The first-order chi connectivity index (χ1) is 23.9. The molecular weight excluding hydrogens is 640 g/mol. The van der Waals surface area contributed by atoms with Crippen molar-refractivity contribution in [1.82, 2.24) is 15.0 Å². The minimum atomic E-state index is -1.03. The summed E-state index contributed by atoms with van der Waals surface area (Å²) >= 11 is 0. The highest BCUT2D eigenvalue weighted by atomic mass is 16.5. The van der Waals surface area contributed by atoms with Gasteiger partial charge in [-0.25, -0.2) is 9.48 Å². The monoisotopic (exact) mass is 690 g/mol. The Morgan fingerprint density at radius 3 is 2.42 bits per heavy atom. The molecule has 1 aliphatic heterocycles. The lowest BCUT2D eigenvalue weighted by atomic mass is 9.82. The number of esters is 2. The molecule has 0 amide bonds. The lowest BCUT2D eigenvalue weighted by Crippen LogP contribution is -2.34. The summed E-state index contributed by atoms with van der Waals surface area (Å²) in [7, 11) is 0. The smallest absolute Gasteiger partial charge is 0.335 e. The van der Waals surface area contributed by atoms with Gasteiger partial charge in [0.05, 0.1) is 53.6 Å². The molecule has 1 aromatic heterocycles. The van der Waals surface area contributed by atoms with Crippen LogP contribution in [0.3, 0.4) is 0 Å². The Morgan fingerprint density at radius 2 is 1.74 bits per heavy atom. The summed E-state index contributed by atoms with van der Waals surface area (Å²) in [4.78, 5) is 37.8. The molecule has 0 bridgehead atoms. The van der Waals surface area contributed by atoms with Crippen LogP contribution in [0.25, 0.3) is 5.69 Å². The Labute approximate surface area is 293 Å². The minimum Gasteiger partial charge on any atom is -0.478 e. The Bertz CT molecular complexity index is 1560. The van der Waals surface area contributed by atoms with Crippen LogP contribution >= 0.6 is 0 Å². The van der Waals surface area contributed by atoms with E-state index < -0.39 is 42.1 Å². The molecule has 0 spiro atoms. The number of aromatic nitrogens is 3. The van der Waals surface area contributed by atoms with Crippen LogP contribution in [0.1, 0.15) is 95.1 Å². The number of aliphatic hydroxyl groups is 2. The number of carbonyl (C=O) groups is 3. The van der Waals surface area contributed by atoms with Gasteiger partial charge in [-0.05, 0) is 86.1 Å². The highest BCUT2D eigenvalue weighted by molar-refractivity contribution is 5.87. The van der Waals surface area contributed by atoms with Gasteiger partial charge in [0.2, 0.25) is 0 Å². The molecule has 2 aliphatic rings. The first-order valence-corrected chi connectivity index (χ1v) is 17.6. The first-order valence-electron chi connectivity index (χ1n) is 17.6. The molecule has 2 aromatic rings. The van der Waals surface area contributed by atoms with Gasteiger partial charge in [0.15, 0.2) is 0 Å². The molecule has 0 radical (unpaired) electrons. The largest absolute Gasteiger partial charge is 0.478 e. The number of aliphatic hydroxyl groups excluding tert-OH is 2. The predicted octanol–water partition coefficient (Wildman–Crippen LogP) is 5.57. The zero-order valence-corrected chi connectivity index (χ0v) is 29.4. The molecule has 0 saturated heterocycles. The van der Waals surface area contributed by atoms with Crippen LogP contribution in [0.2, 0.25) is 0 Å².